The lowest BCUT2D eigenvalue weighted by atomic mass is 9.83. The van der Waals surface area contributed by atoms with Gasteiger partial charge < -0.3 is 19.0 Å². The molecule has 0 radical (unpaired) electrons. The van der Waals surface area contributed by atoms with Crippen molar-refractivity contribution < 1.29 is 18.7 Å². The van der Waals surface area contributed by atoms with E-state index >= 15 is 0 Å². The van der Waals surface area contributed by atoms with E-state index in [0.717, 1.165) is 49.0 Å². The number of methoxy groups -OCH3 is 1. The van der Waals surface area contributed by atoms with Gasteiger partial charge in [0.25, 0.3) is 0 Å². The molecule has 1 aromatic carbocycles. The number of rotatable bonds is 5. The van der Waals surface area contributed by atoms with Crippen LogP contribution in [0.5, 0.6) is 5.75 Å². The van der Waals surface area contributed by atoms with Crippen molar-refractivity contribution in [2.24, 2.45) is 5.92 Å². The van der Waals surface area contributed by atoms with Crippen LogP contribution in [0.15, 0.2) is 34.9 Å². The summed E-state index contributed by atoms with van der Waals surface area (Å²) in [6, 6.07) is 7.44. The third kappa shape index (κ3) is 5.69. The number of likely N-dealkylation sites (tertiary alicyclic amines) is 1. The number of carbonyl (C=O) groups excluding carboxylic acids is 2. The van der Waals surface area contributed by atoms with Gasteiger partial charge in [0.1, 0.15) is 11.5 Å². The zero-order valence-electron chi connectivity index (χ0n) is 21.6. The maximum Gasteiger partial charge on any atom is 0.228 e. The van der Waals surface area contributed by atoms with Crippen molar-refractivity contribution in [1.29, 1.82) is 0 Å². The molecule has 2 amide bonds. The fourth-order valence-corrected chi connectivity index (χ4v) is 5.06. The molecule has 190 valence electrons. The van der Waals surface area contributed by atoms with Crippen LogP contribution in [0.4, 0.5) is 0 Å². The smallest absolute Gasteiger partial charge is 0.228 e. The van der Waals surface area contributed by atoms with Gasteiger partial charge in [-0.25, -0.2) is 4.98 Å². The number of nitrogens with zero attached hydrogens (tertiary/aromatic N) is 4. The van der Waals surface area contributed by atoms with Crippen LogP contribution in [0, 0.1) is 5.92 Å². The Hall–Kier alpha value is -2.87. The van der Waals surface area contributed by atoms with E-state index in [1.165, 1.54) is 0 Å². The number of hydrogen-bond acceptors (Lipinski definition) is 6. The Kier molecular flexibility index (Phi) is 7.50. The highest BCUT2D eigenvalue weighted by Crippen LogP contribution is 2.37. The van der Waals surface area contributed by atoms with Crippen LogP contribution in [-0.2, 0) is 21.5 Å². The number of carbonyl (C=O) groups is 2. The largest absolute Gasteiger partial charge is 0.497 e. The average molecular weight is 483 g/mol. The quantitative estimate of drug-likeness (QED) is 0.648. The molecule has 2 aliphatic rings. The summed E-state index contributed by atoms with van der Waals surface area (Å²) in [4.78, 5) is 36.8. The highest BCUT2D eigenvalue weighted by Gasteiger charge is 2.40. The van der Waals surface area contributed by atoms with Crippen molar-refractivity contribution in [2.45, 2.75) is 58.0 Å². The molecule has 2 atom stereocenters. The summed E-state index contributed by atoms with van der Waals surface area (Å²) in [6.07, 6.45) is 3.70. The summed E-state index contributed by atoms with van der Waals surface area (Å²) in [6.45, 7) is 10.0. The second kappa shape index (κ2) is 10.4. The minimum absolute atomic E-state index is 0.0672. The van der Waals surface area contributed by atoms with Gasteiger partial charge in [0.15, 0.2) is 0 Å². The van der Waals surface area contributed by atoms with E-state index in [4.69, 9.17) is 9.15 Å². The van der Waals surface area contributed by atoms with Gasteiger partial charge in [-0.05, 0) is 30.5 Å². The van der Waals surface area contributed by atoms with Crippen LogP contribution in [0.1, 0.15) is 63.3 Å². The van der Waals surface area contributed by atoms with Crippen molar-refractivity contribution in [1.82, 2.24) is 19.7 Å². The average Bonchev–Trinajstić information content (AvgIpc) is 3.19. The number of ether oxygens (including phenoxy) is 1. The van der Waals surface area contributed by atoms with E-state index in [0.29, 0.717) is 25.9 Å². The van der Waals surface area contributed by atoms with Gasteiger partial charge in [-0.15, -0.1) is 0 Å². The highest BCUT2D eigenvalue weighted by molar-refractivity contribution is 5.85. The van der Waals surface area contributed by atoms with Crippen molar-refractivity contribution in [3.63, 3.8) is 0 Å². The molecule has 0 saturated carbocycles. The topological polar surface area (TPSA) is 79.1 Å². The van der Waals surface area contributed by atoms with Crippen LogP contribution in [-0.4, -0.2) is 71.8 Å². The molecule has 3 heterocycles. The van der Waals surface area contributed by atoms with Crippen molar-refractivity contribution >= 4 is 11.8 Å². The fourth-order valence-electron chi connectivity index (χ4n) is 5.06. The fraction of sp³-hybridized carbons (Fsp3) is 0.593. The molecule has 4 rings (SSSR count). The highest BCUT2D eigenvalue weighted by atomic mass is 16.5. The normalized spacial score (nSPS) is 22.3. The number of amides is 2. The molecule has 35 heavy (non-hydrogen) atoms. The third-order valence-corrected chi connectivity index (χ3v) is 7.19. The minimum atomic E-state index is -0.267. The lowest BCUT2D eigenvalue weighted by Crippen LogP contribution is -2.48. The number of benzene rings is 1. The summed E-state index contributed by atoms with van der Waals surface area (Å²) in [7, 11) is 3.44. The Morgan fingerprint density at radius 3 is 2.54 bits per heavy atom. The molecule has 0 bridgehead atoms. The van der Waals surface area contributed by atoms with Crippen molar-refractivity contribution in [3.05, 3.63) is 47.7 Å². The second-order valence-corrected chi connectivity index (χ2v) is 10.7. The molecule has 8 heteroatoms. The zero-order chi connectivity index (χ0) is 25.2. The van der Waals surface area contributed by atoms with Crippen LogP contribution in [0.2, 0.25) is 0 Å². The van der Waals surface area contributed by atoms with E-state index in [2.05, 4.69) is 30.7 Å². The molecular weight excluding hydrogens is 444 g/mol. The first-order valence-electron chi connectivity index (χ1n) is 12.5. The first-order chi connectivity index (χ1) is 16.7. The summed E-state index contributed by atoms with van der Waals surface area (Å²) in [5.74, 6) is 2.34. The van der Waals surface area contributed by atoms with E-state index < -0.39 is 0 Å². The van der Waals surface area contributed by atoms with E-state index in [1.807, 2.05) is 42.4 Å². The van der Waals surface area contributed by atoms with Gasteiger partial charge in [0.05, 0.1) is 31.8 Å². The lowest BCUT2D eigenvalue weighted by molar-refractivity contribution is -0.146. The van der Waals surface area contributed by atoms with Gasteiger partial charge in [-0.2, -0.15) is 0 Å². The minimum Gasteiger partial charge on any atom is -0.497 e. The predicted molar refractivity (Wildman–Crippen MR) is 133 cm³/mol. The molecule has 2 aliphatic heterocycles. The maximum atomic E-state index is 13.8. The predicted octanol–water partition coefficient (Wildman–Crippen LogP) is 3.62. The Labute approximate surface area is 208 Å². The number of piperidine rings is 1. The van der Waals surface area contributed by atoms with Gasteiger partial charge in [-0.3, -0.25) is 14.5 Å². The Bertz CT molecular complexity index is 1030. The Morgan fingerprint density at radius 1 is 1.14 bits per heavy atom. The Morgan fingerprint density at radius 2 is 1.89 bits per heavy atom. The van der Waals surface area contributed by atoms with Crippen LogP contribution < -0.4 is 4.74 Å². The summed E-state index contributed by atoms with van der Waals surface area (Å²) >= 11 is 0. The van der Waals surface area contributed by atoms with E-state index in [9.17, 15) is 9.59 Å². The second-order valence-electron chi connectivity index (χ2n) is 10.7. The van der Waals surface area contributed by atoms with E-state index in [-0.39, 0.29) is 29.2 Å². The number of aromatic nitrogens is 1. The SMILES string of the molecule is COc1ccc(C2C(C(=O)N3CCCN(Cc4ncc(C(C)(C)C)o4)CC3)CCC(=O)N2C)cc1. The van der Waals surface area contributed by atoms with Gasteiger partial charge in [-0.1, -0.05) is 32.9 Å². The van der Waals surface area contributed by atoms with Gasteiger partial charge in [0.2, 0.25) is 17.7 Å². The standard InChI is InChI=1S/C27H38N4O4/c1-27(2,3)22-17-28-23(35-22)18-30-13-6-14-31(16-15-30)26(33)21-11-12-24(32)29(4)25(21)19-7-9-20(34-5)10-8-19/h7-10,17,21,25H,6,11-16,18H2,1-5H3. The number of oxazole rings is 1. The first-order valence-corrected chi connectivity index (χ1v) is 12.5. The molecule has 0 N–H and O–H groups in total. The third-order valence-electron chi connectivity index (χ3n) is 7.19. The van der Waals surface area contributed by atoms with Gasteiger partial charge in [0, 0.05) is 45.1 Å². The zero-order valence-corrected chi connectivity index (χ0v) is 21.6. The molecule has 2 unspecified atom stereocenters. The van der Waals surface area contributed by atoms with Crippen LogP contribution in [0.3, 0.4) is 0 Å². The van der Waals surface area contributed by atoms with Gasteiger partial charge >= 0.3 is 0 Å². The lowest BCUT2D eigenvalue weighted by Gasteiger charge is -2.40. The summed E-state index contributed by atoms with van der Waals surface area (Å²) in [5.41, 5.74) is 0.900. The van der Waals surface area contributed by atoms with E-state index in [1.54, 1.807) is 12.0 Å². The number of hydrogen-bond donors (Lipinski definition) is 0. The molecule has 2 fully saturated rings. The molecule has 8 nitrogen and oxygen atoms in total. The van der Waals surface area contributed by atoms with Crippen LogP contribution in [0.25, 0.3) is 0 Å². The molecule has 1 aromatic heterocycles. The molecule has 0 spiro atoms. The Balaban J connectivity index is 1.43. The molecule has 2 saturated heterocycles. The summed E-state index contributed by atoms with van der Waals surface area (Å²) in [5, 5.41) is 0. The monoisotopic (exact) mass is 482 g/mol. The first kappa shape index (κ1) is 25.2. The molecule has 0 aliphatic carbocycles. The van der Waals surface area contributed by atoms with Crippen molar-refractivity contribution in [3.8, 4) is 5.75 Å². The van der Waals surface area contributed by atoms with Crippen LogP contribution >= 0.6 is 0 Å². The molecular formula is C27H38N4O4. The summed E-state index contributed by atoms with van der Waals surface area (Å²) < 4.78 is 11.3. The maximum absolute atomic E-state index is 13.8. The van der Waals surface area contributed by atoms with Crippen molar-refractivity contribution in [2.75, 3.05) is 40.3 Å². The molecule has 2 aromatic rings.